The van der Waals surface area contributed by atoms with Crippen molar-refractivity contribution in [3.05, 3.63) is 72.2 Å². The van der Waals surface area contributed by atoms with E-state index in [0.29, 0.717) is 5.75 Å². The highest BCUT2D eigenvalue weighted by molar-refractivity contribution is 5.88. The fourth-order valence-electron chi connectivity index (χ4n) is 2.98. The molecule has 4 aromatic rings. The zero-order valence-electron chi connectivity index (χ0n) is 13.2. The molecule has 1 N–H and O–H groups in total. The second-order valence-electron chi connectivity index (χ2n) is 5.76. The molecule has 4 heteroatoms. The average Bonchev–Trinajstić information content (AvgIpc) is 2.61. The van der Waals surface area contributed by atoms with Crippen LogP contribution < -0.4 is 4.74 Å². The third-order valence-electron chi connectivity index (χ3n) is 4.18. The Hall–Kier alpha value is -3.14. The molecule has 4 rings (SSSR count). The first-order valence-electron chi connectivity index (χ1n) is 7.72. The number of phenols is 1. The van der Waals surface area contributed by atoms with Crippen molar-refractivity contribution in [2.45, 2.75) is 13.8 Å². The number of nitrogens with zero attached hydrogens (tertiary/aromatic N) is 2. The topological polar surface area (TPSA) is 55.2 Å². The number of benzene rings is 2. The Morgan fingerprint density at radius 2 is 1.84 bits per heavy atom. The quantitative estimate of drug-likeness (QED) is 0.589. The van der Waals surface area contributed by atoms with Crippen LogP contribution in [0.15, 0.2) is 61.1 Å². The summed E-state index contributed by atoms with van der Waals surface area (Å²) in [5, 5.41) is 13.0. The van der Waals surface area contributed by atoms with Crippen LogP contribution in [0.5, 0.6) is 11.5 Å². The van der Waals surface area contributed by atoms with Crippen molar-refractivity contribution in [1.82, 2.24) is 9.97 Å². The molecule has 0 amide bonds. The summed E-state index contributed by atoms with van der Waals surface area (Å²) < 4.78 is 5.23. The third-order valence-corrected chi connectivity index (χ3v) is 4.18. The van der Waals surface area contributed by atoms with E-state index in [4.69, 9.17) is 4.74 Å². The van der Waals surface area contributed by atoms with E-state index in [2.05, 4.69) is 22.1 Å². The molecule has 0 saturated carbocycles. The van der Waals surface area contributed by atoms with E-state index in [1.165, 1.54) is 0 Å². The molecule has 126 valence electrons. The first-order valence-corrected chi connectivity index (χ1v) is 7.72. The number of methoxy groups -OCH3 is 1. The molecule has 0 saturated heterocycles. The monoisotopic (exact) mass is 332 g/mol. The molecular formula is C21H20N2O2. The first-order chi connectivity index (χ1) is 11.7. The molecule has 4 nitrogen and oxygen atoms in total. The number of aromatic hydroxyl groups is 1. The van der Waals surface area contributed by atoms with Crippen molar-refractivity contribution in [1.29, 1.82) is 0 Å². The average molecular weight is 332 g/mol. The van der Waals surface area contributed by atoms with Gasteiger partial charge in [-0.1, -0.05) is 25.6 Å². The SMILES string of the molecule is C.COc1cc2c(Cc3cnc4ccccc4c3)cncc2cc1O. The number of hydrogen-bond acceptors (Lipinski definition) is 4. The molecule has 25 heavy (non-hydrogen) atoms. The molecule has 0 unspecified atom stereocenters. The lowest BCUT2D eigenvalue weighted by atomic mass is 10.0. The summed E-state index contributed by atoms with van der Waals surface area (Å²) in [6.45, 7) is 0. The summed E-state index contributed by atoms with van der Waals surface area (Å²) in [5.41, 5.74) is 3.18. The van der Waals surface area contributed by atoms with Gasteiger partial charge < -0.3 is 9.84 Å². The van der Waals surface area contributed by atoms with Gasteiger partial charge in [-0.15, -0.1) is 0 Å². The normalized spacial score (nSPS) is 10.6. The van der Waals surface area contributed by atoms with Crippen LogP contribution in [0, 0.1) is 0 Å². The Morgan fingerprint density at radius 1 is 1.00 bits per heavy atom. The summed E-state index contributed by atoms with van der Waals surface area (Å²) in [6.07, 6.45) is 6.22. The van der Waals surface area contributed by atoms with Crippen LogP contribution >= 0.6 is 0 Å². The van der Waals surface area contributed by atoms with E-state index in [0.717, 1.165) is 39.2 Å². The van der Waals surface area contributed by atoms with E-state index >= 15 is 0 Å². The van der Waals surface area contributed by atoms with Crippen LogP contribution in [0.4, 0.5) is 0 Å². The van der Waals surface area contributed by atoms with Gasteiger partial charge in [0.25, 0.3) is 0 Å². The Morgan fingerprint density at radius 3 is 2.68 bits per heavy atom. The Labute approximate surface area is 146 Å². The molecule has 0 aliphatic rings. The van der Waals surface area contributed by atoms with E-state index < -0.39 is 0 Å². The number of fused-ring (bicyclic) bond motifs is 2. The number of rotatable bonds is 3. The van der Waals surface area contributed by atoms with Crippen molar-refractivity contribution in [2.24, 2.45) is 0 Å². The molecule has 0 bridgehead atoms. The van der Waals surface area contributed by atoms with Crippen molar-refractivity contribution in [3.8, 4) is 11.5 Å². The second kappa shape index (κ2) is 6.77. The summed E-state index contributed by atoms with van der Waals surface area (Å²) in [5.74, 6) is 0.586. The third kappa shape index (κ3) is 3.11. The van der Waals surface area contributed by atoms with Crippen molar-refractivity contribution in [3.63, 3.8) is 0 Å². The fourth-order valence-corrected chi connectivity index (χ4v) is 2.98. The fraction of sp³-hybridized carbons (Fsp3) is 0.143. The number of para-hydroxylation sites is 1. The van der Waals surface area contributed by atoms with E-state index in [1.807, 2.05) is 36.7 Å². The minimum absolute atomic E-state index is 0. The van der Waals surface area contributed by atoms with Gasteiger partial charge in [0.05, 0.1) is 12.6 Å². The highest BCUT2D eigenvalue weighted by Gasteiger charge is 2.09. The molecule has 0 atom stereocenters. The van der Waals surface area contributed by atoms with Crippen LogP contribution in [0.2, 0.25) is 0 Å². The number of aromatic nitrogens is 2. The van der Waals surface area contributed by atoms with Gasteiger partial charge in [-0.05, 0) is 40.8 Å². The molecule has 0 radical (unpaired) electrons. The smallest absolute Gasteiger partial charge is 0.161 e. The predicted molar refractivity (Wildman–Crippen MR) is 101 cm³/mol. The lowest BCUT2D eigenvalue weighted by molar-refractivity contribution is 0.374. The Balaban J connectivity index is 0.00000182. The molecule has 0 aliphatic heterocycles. The van der Waals surface area contributed by atoms with Gasteiger partial charge in [0, 0.05) is 35.8 Å². The van der Waals surface area contributed by atoms with E-state index in [-0.39, 0.29) is 13.2 Å². The zero-order valence-corrected chi connectivity index (χ0v) is 13.2. The van der Waals surface area contributed by atoms with Crippen molar-refractivity contribution < 1.29 is 9.84 Å². The summed E-state index contributed by atoms with van der Waals surface area (Å²) in [4.78, 5) is 8.82. The number of ether oxygens (including phenoxy) is 1. The maximum Gasteiger partial charge on any atom is 0.161 e. The van der Waals surface area contributed by atoms with Gasteiger partial charge in [-0.25, -0.2) is 0 Å². The molecule has 2 aromatic heterocycles. The number of hydrogen-bond donors (Lipinski definition) is 1. The molecular weight excluding hydrogens is 312 g/mol. The number of phenolic OH excluding ortho intramolecular Hbond substituents is 1. The lowest BCUT2D eigenvalue weighted by Gasteiger charge is -2.10. The first kappa shape index (κ1) is 16.7. The van der Waals surface area contributed by atoms with Crippen molar-refractivity contribution >= 4 is 21.7 Å². The Kier molecular flexibility index (Phi) is 4.52. The van der Waals surface area contributed by atoms with Gasteiger partial charge in [-0.3, -0.25) is 9.97 Å². The minimum Gasteiger partial charge on any atom is -0.504 e. The maximum atomic E-state index is 9.94. The Bertz CT molecular complexity index is 1040. The van der Waals surface area contributed by atoms with Crippen LogP contribution in [-0.2, 0) is 6.42 Å². The predicted octanol–water partition coefficient (Wildman–Crippen LogP) is 4.72. The second-order valence-corrected chi connectivity index (χ2v) is 5.76. The van der Waals surface area contributed by atoms with Gasteiger partial charge in [0.1, 0.15) is 0 Å². The minimum atomic E-state index is 0. The van der Waals surface area contributed by atoms with Crippen LogP contribution in [0.25, 0.3) is 21.7 Å². The van der Waals surface area contributed by atoms with Gasteiger partial charge in [-0.2, -0.15) is 0 Å². The standard InChI is InChI=1S/C20H16N2O2.CH4/c1-24-20-9-17-15(11-21-12-16(17)8-19(20)23)7-13-6-14-4-2-3-5-18(14)22-10-13;/h2-6,8-12,23H,7H2,1H3;1H4. The largest absolute Gasteiger partial charge is 0.504 e. The van der Waals surface area contributed by atoms with Crippen LogP contribution in [0.3, 0.4) is 0 Å². The summed E-state index contributed by atoms with van der Waals surface area (Å²) >= 11 is 0. The maximum absolute atomic E-state index is 9.94. The number of pyridine rings is 2. The molecule has 0 fully saturated rings. The van der Waals surface area contributed by atoms with Gasteiger partial charge >= 0.3 is 0 Å². The zero-order chi connectivity index (χ0) is 16.5. The molecule has 0 spiro atoms. The highest BCUT2D eigenvalue weighted by Crippen LogP contribution is 2.33. The van der Waals surface area contributed by atoms with E-state index in [1.54, 1.807) is 19.4 Å². The van der Waals surface area contributed by atoms with Crippen molar-refractivity contribution in [2.75, 3.05) is 7.11 Å². The summed E-state index contributed by atoms with van der Waals surface area (Å²) in [7, 11) is 1.55. The molecule has 2 heterocycles. The summed E-state index contributed by atoms with van der Waals surface area (Å²) in [6, 6.07) is 13.8. The van der Waals surface area contributed by atoms with Gasteiger partial charge in [0.2, 0.25) is 0 Å². The molecule has 0 aliphatic carbocycles. The molecule has 2 aromatic carbocycles. The van der Waals surface area contributed by atoms with Crippen LogP contribution in [-0.4, -0.2) is 22.2 Å². The lowest BCUT2D eigenvalue weighted by Crippen LogP contribution is -1.94. The van der Waals surface area contributed by atoms with Gasteiger partial charge in [0.15, 0.2) is 11.5 Å². The highest BCUT2D eigenvalue weighted by atomic mass is 16.5. The van der Waals surface area contributed by atoms with E-state index in [9.17, 15) is 5.11 Å². The van der Waals surface area contributed by atoms with Crippen LogP contribution in [0.1, 0.15) is 18.6 Å².